The maximum atomic E-state index is 12.7. The molecule has 0 aliphatic rings. The van der Waals surface area contributed by atoms with E-state index in [0.29, 0.717) is 5.56 Å². The highest BCUT2D eigenvalue weighted by atomic mass is 19.3. The van der Waals surface area contributed by atoms with Crippen molar-refractivity contribution in [1.29, 1.82) is 0 Å². The minimum atomic E-state index is -2.96. The summed E-state index contributed by atoms with van der Waals surface area (Å²) in [6.45, 7) is 1.57. The molecule has 0 spiro atoms. The summed E-state index contributed by atoms with van der Waals surface area (Å²) in [7, 11) is 2.81. The van der Waals surface area contributed by atoms with Crippen molar-refractivity contribution in [3.05, 3.63) is 17.2 Å². The Morgan fingerprint density at radius 2 is 2.11 bits per heavy atom. The third-order valence-corrected chi connectivity index (χ3v) is 2.26. The van der Waals surface area contributed by atoms with Gasteiger partial charge in [0, 0.05) is 19.5 Å². The SMILES string of the molecule is CNC(=O)c1cc(C)c(OCC(C)(F)F)nc1OC. The van der Waals surface area contributed by atoms with Gasteiger partial charge < -0.3 is 14.8 Å². The van der Waals surface area contributed by atoms with Gasteiger partial charge in [-0.3, -0.25) is 4.79 Å². The second-order valence-corrected chi connectivity index (χ2v) is 4.11. The molecule has 1 aromatic heterocycles. The van der Waals surface area contributed by atoms with E-state index in [9.17, 15) is 13.6 Å². The van der Waals surface area contributed by atoms with Gasteiger partial charge in [0.2, 0.25) is 11.8 Å². The number of carbonyl (C=O) groups is 1. The number of carbonyl (C=O) groups excluding carboxylic acids is 1. The molecule has 1 N–H and O–H groups in total. The number of nitrogens with zero attached hydrogens (tertiary/aromatic N) is 1. The van der Waals surface area contributed by atoms with E-state index < -0.39 is 12.5 Å². The molecule has 106 valence electrons. The smallest absolute Gasteiger partial charge is 0.278 e. The summed E-state index contributed by atoms with van der Waals surface area (Å²) in [4.78, 5) is 15.5. The molecule has 0 fully saturated rings. The molecule has 7 heteroatoms. The lowest BCUT2D eigenvalue weighted by Crippen LogP contribution is -2.23. The lowest BCUT2D eigenvalue weighted by atomic mass is 10.2. The van der Waals surface area contributed by atoms with Gasteiger partial charge in [-0.2, -0.15) is 4.98 Å². The first kappa shape index (κ1) is 15.1. The number of aryl methyl sites for hydroxylation is 1. The normalized spacial score (nSPS) is 11.1. The van der Waals surface area contributed by atoms with Crippen molar-refractivity contribution in [2.24, 2.45) is 0 Å². The van der Waals surface area contributed by atoms with Gasteiger partial charge in [0.25, 0.3) is 11.8 Å². The van der Waals surface area contributed by atoms with Crippen LogP contribution >= 0.6 is 0 Å². The number of hydrogen-bond acceptors (Lipinski definition) is 4. The molecule has 0 saturated heterocycles. The Bertz CT molecular complexity index is 473. The van der Waals surface area contributed by atoms with Gasteiger partial charge in [-0.25, -0.2) is 8.78 Å². The van der Waals surface area contributed by atoms with Gasteiger partial charge in [-0.1, -0.05) is 0 Å². The second-order valence-electron chi connectivity index (χ2n) is 4.11. The summed E-state index contributed by atoms with van der Waals surface area (Å²) < 4.78 is 35.4. The summed E-state index contributed by atoms with van der Waals surface area (Å²) in [5, 5.41) is 2.44. The van der Waals surface area contributed by atoms with Crippen LogP contribution in [0.4, 0.5) is 8.78 Å². The summed E-state index contributed by atoms with van der Waals surface area (Å²) >= 11 is 0. The van der Waals surface area contributed by atoms with Crippen LogP contribution < -0.4 is 14.8 Å². The van der Waals surface area contributed by atoms with Crippen LogP contribution in [0.5, 0.6) is 11.8 Å². The molecule has 0 aliphatic heterocycles. The Balaban J connectivity index is 3.06. The van der Waals surface area contributed by atoms with Crippen LogP contribution in [0.15, 0.2) is 6.07 Å². The standard InChI is InChI=1S/C12H16F2N2O3/c1-7-5-8(9(17)15-3)11(18-4)16-10(7)19-6-12(2,13)14/h5H,6H2,1-4H3,(H,15,17). The summed E-state index contributed by atoms with van der Waals surface area (Å²) in [5.41, 5.74) is 0.696. The van der Waals surface area contributed by atoms with E-state index in [0.717, 1.165) is 6.92 Å². The molecule has 0 aromatic carbocycles. The molecule has 19 heavy (non-hydrogen) atoms. The van der Waals surface area contributed by atoms with Crippen LogP contribution in [0.25, 0.3) is 0 Å². The molecule has 0 aliphatic carbocycles. The summed E-state index contributed by atoms with van der Waals surface area (Å²) in [6.07, 6.45) is 0. The number of pyridine rings is 1. The quantitative estimate of drug-likeness (QED) is 0.889. The lowest BCUT2D eigenvalue weighted by Gasteiger charge is -2.15. The maximum Gasteiger partial charge on any atom is 0.278 e. The number of rotatable bonds is 5. The van der Waals surface area contributed by atoms with Crippen molar-refractivity contribution in [1.82, 2.24) is 10.3 Å². The number of halogens is 2. The minimum Gasteiger partial charge on any atom is -0.480 e. The van der Waals surface area contributed by atoms with Crippen LogP contribution in [-0.4, -0.2) is 37.6 Å². The molecular formula is C12H16F2N2O3. The Morgan fingerprint density at radius 3 is 2.58 bits per heavy atom. The maximum absolute atomic E-state index is 12.7. The number of amides is 1. The third-order valence-electron chi connectivity index (χ3n) is 2.26. The number of methoxy groups -OCH3 is 1. The first-order valence-corrected chi connectivity index (χ1v) is 5.57. The van der Waals surface area contributed by atoms with Gasteiger partial charge in [-0.05, 0) is 13.0 Å². The lowest BCUT2D eigenvalue weighted by molar-refractivity contribution is -0.0245. The van der Waals surface area contributed by atoms with Crippen LogP contribution in [0.3, 0.4) is 0 Å². The van der Waals surface area contributed by atoms with Crippen molar-refractivity contribution < 1.29 is 23.0 Å². The Hall–Kier alpha value is -1.92. The van der Waals surface area contributed by atoms with Gasteiger partial charge in [0.15, 0.2) is 6.61 Å². The average molecular weight is 274 g/mol. The Morgan fingerprint density at radius 1 is 1.47 bits per heavy atom. The predicted octanol–water partition coefficient (Wildman–Crippen LogP) is 1.79. The Kier molecular flexibility index (Phi) is 4.63. The topological polar surface area (TPSA) is 60.5 Å². The second kappa shape index (κ2) is 5.81. The molecule has 0 unspecified atom stereocenters. The minimum absolute atomic E-state index is 0.0195. The van der Waals surface area contributed by atoms with Crippen molar-refractivity contribution in [2.75, 3.05) is 20.8 Å². The fraction of sp³-hybridized carbons (Fsp3) is 0.500. The molecule has 1 heterocycles. The number of nitrogens with one attached hydrogen (secondary N) is 1. The molecule has 0 bridgehead atoms. The van der Waals surface area contributed by atoms with Crippen LogP contribution in [0.1, 0.15) is 22.8 Å². The van der Waals surface area contributed by atoms with E-state index in [1.807, 2.05) is 0 Å². The van der Waals surface area contributed by atoms with Crippen LogP contribution in [0, 0.1) is 6.92 Å². The van der Waals surface area contributed by atoms with Crippen molar-refractivity contribution >= 4 is 5.91 Å². The van der Waals surface area contributed by atoms with E-state index in [1.165, 1.54) is 20.2 Å². The third kappa shape index (κ3) is 4.04. The van der Waals surface area contributed by atoms with E-state index in [2.05, 4.69) is 10.3 Å². The van der Waals surface area contributed by atoms with E-state index >= 15 is 0 Å². The van der Waals surface area contributed by atoms with Crippen LogP contribution in [0.2, 0.25) is 0 Å². The number of alkyl halides is 2. The van der Waals surface area contributed by atoms with E-state index in [1.54, 1.807) is 6.92 Å². The van der Waals surface area contributed by atoms with Gasteiger partial charge in [0.1, 0.15) is 5.56 Å². The fourth-order valence-corrected chi connectivity index (χ4v) is 1.37. The predicted molar refractivity (Wildman–Crippen MR) is 65.0 cm³/mol. The molecule has 0 radical (unpaired) electrons. The first-order chi connectivity index (χ1) is 8.78. The molecule has 0 saturated carbocycles. The van der Waals surface area contributed by atoms with Gasteiger partial charge in [0.05, 0.1) is 7.11 Å². The van der Waals surface area contributed by atoms with Gasteiger partial charge >= 0.3 is 0 Å². The average Bonchev–Trinajstić information content (AvgIpc) is 2.35. The number of aromatic nitrogens is 1. The molecular weight excluding hydrogens is 258 g/mol. The van der Waals surface area contributed by atoms with Crippen LogP contribution in [-0.2, 0) is 0 Å². The highest BCUT2D eigenvalue weighted by Gasteiger charge is 2.24. The van der Waals surface area contributed by atoms with Crippen molar-refractivity contribution in [2.45, 2.75) is 19.8 Å². The molecule has 0 atom stereocenters. The Labute approximate surface area is 109 Å². The zero-order valence-corrected chi connectivity index (χ0v) is 11.2. The summed E-state index contributed by atoms with van der Waals surface area (Å²) in [6, 6.07) is 1.48. The fourth-order valence-electron chi connectivity index (χ4n) is 1.37. The first-order valence-electron chi connectivity index (χ1n) is 5.57. The zero-order valence-electron chi connectivity index (χ0n) is 11.2. The van der Waals surface area contributed by atoms with Gasteiger partial charge in [-0.15, -0.1) is 0 Å². The molecule has 1 amide bonds. The van der Waals surface area contributed by atoms with E-state index in [-0.39, 0.29) is 23.2 Å². The van der Waals surface area contributed by atoms with Crippen molar-refractivity contribution in [3.8, 4) is 11.8 Å². The molecule has 1 aromatic rings. The highest BCUT2D eigenvalue weighted by Crippen LogP contribution is 2.25. The summed E-state index contributed by atoms with van der Waals surface area (Å²) in [5.74, 6) is -3.29. The molecule has 1 rings (SSSR count). The monoisotopic (exact) mass is 274 g/mol. The highest BCUT2D eigenvalue weighted by molar-refractivity contribution is 5.96. The van der Waals surface area contributed by atoms with Crippen molar-refractivity contribution in [3.63, 3.8) is 0 Å². The zero-order chi connectivity index (χ0) is 14.6. The largest absolute Gasteiger partial charge is 0.480 e. The number of hydrogen-bond donors (Lipinski definition) is 1. The van der Waals surface area contributed by atoms with E-state index in [4.69, 9.17) is 9.47 Å². The number of ether oxygens (including phenoxy) is 2. The molecule has 5 nitrogen and oxygen atoms in total.